The van der Waals surface area contributed by atoms with E-state index in [0.29, 0.717) is 5.25 Å². The van der Waals surface area contributed by atoms with Gasteiger partial charge in [0.15, 0.2) is 5.84 Å². The van der Waals surface area contributed by atoms with Crippen molar-refractivity contribution in [3.63, 3.8) is 0 Å². The highest BCUT2D eigenvalue weighted by Gasteiger charge is 2.34. The van der Waals surface area contributed by atoms with E-state index in [1.165, 1.54) is 18.6 Å². The molecule has 0 heterocycles. The Morgan fingerprint density at radius 1 is 1.24 bits per heavy atom. The number of amidine groups is 1. The molecule has 0 saturated heterocycles. The molecule has 3 nitrogen and oxygen atoms in total. The summed E-state index contributed by atoms with van der Waals surface area (Å²) in [4.78, 5) is 0.719. The first-order chi connectivity index (χ1) is 9.91. The summed E-state index contributed by atoms with van der Waals surface area (Å²) in [6, 6.07) is 3.81. The number of benzene rings is 1. The number of alkyl halides is 3. The molecule has 0 radical (unpaired) electrons. The minimum absolute atomic E-state index is 0.272. The molecule has 1 aromatic rings. The van der Waals surface area contributed by atoms with Crippen molar-refractivity contribution in [3.8, 4) is 0 Å². The van der Waals surface area contributed by atoms with Gasteiger partial charge in [-0.2, -0.15) is 13.2 Å². The molecule has 7 heteroatoms. The number of halogens is 3. The molecule has 116 valence electrons. The Labute approximate surface area is 125 Å². The van der Waals surface area contributed by atoms with Crippen LogP contribution in [0.2, 0.25) is 0 Å². The second-order valence-corrected chi connectivity index (χ2v) is 6.44. The maximum absolute atomic E-state index is 12.9. The molecule has 1 aliphatic carbocycles. The van der Waals surface area contributed by atoms with Gasteiger partial charge in [0.1, 0.15) is 0 Å². The van der Waals surface area contributed by atoms with Crippen LogP contribution in [0.15, 0.2) is 28.3 Å². The fourth-order valence-corrected chi connectivity index (χ4v) is 3.77. The van der Waals surface area contributed by atoms with Gasteiger partial charge in [-0.1, -0.05) is 24.4 Å². The molecule has 0 bridgehead atoms. The lowest BCUT2D eigenvalue weighted by Crippen LogP contribution is -2.20. The van der Waals surface area contributed by atoms with Crippen molar-refractivity contribution in [1.29, 1.82) is 0 Å². The van der Waals surface area contributed by atoms with E-state index in [2.05, 4.69) is 5.16 Å². The summed E-state index contributed by atoms with van der Waals surface area (Å²) in [5.74, 6) is -0.520. The zero-order chi connectivity index (χ0) is 15.5. The Balaban J connectivity index is 2.28. The molecule has 0 atom stereocenters. The molecule has 0 aromatic heterocycles. The van der Waals surface area contributed by atoms with Crippen molar-refractivity contribution in [1.82, 2.24) is 0 Å². The van der Waals surface area contributed by atoms with Crippen LogP contribution in [-0.4, -0.2) is 16.3 Å². The van der Waals surface area contributed by atoms with E-state index in [-0.39, 0.29) is 5.56 Å². The van der Waals surface area contributed by atoms with Crippen LogP contribution < -0.4 is 5.73 Å². The number of nitrogens with two attached hydrogens (primary N) is 1. The third-order valence-electron chi connectivity index (χ3n) is 3.54. The van der Waals surface area contributed by atoms with Crippen LogP contribution in [-0.2, 0) is 6.18 Å². The maximum atomic E-state index is 12.9. The van der Waals surface area contributed by atoms with Crippen molar-refractivity contribution < 1.29 is 18.4 Å². The van der Waals surface area contributed by atoms with Crippen molar-refractivity contribution in [2.24, 2.45) is 10.9 Å². The largest absolute Gasteiger partial charge is 0.417 e. The van der Waals surface area contributed by atoms with Gasteiger partial charge >= 0.3 is 6.18 Å². The fourth-order valence-electron chi connectivity index (χ4n) is 2.49. The van der Waals surface area contributed by atoms with Crippen molar-refractivity contribution in [2.45, 2.75) is 48.4 Å². The highest BCUT2D eigenvalue weighted by molar-refractivity contribution is 8.00. The third kappa shape index (κ3) is 4.06. The van der Waals surface area contributed by atoms with Gasteiger partial charge in [-0.05, 0) is 31.0 Å². The Kier molecular flexibility index (Phi) is 5.03. The van der Waals surface area contributed by atoms with E-state index >= 15 is 0 Å². The predicted molar refractivity (Wildman–Crippen MR) is 76.7 cm³/mol. The van der Waals surface area contributed by atoms with Crippen LogP contribution in [0, 0.1) is 0 Å². The molecule has 1 fully saturated rings. The van der Waals surface area contributed by atoms with Gasteiger partial charge in [0, 0.05) is 15.7 Å². The van der Waals surface area contributed by atoms with Crippen LogP contribution in [0.3, 0.4) is 0 Å². The molecule has 1 saturated carbocycles. The molecular weight excluding hydrogens is 301 g/mol. The topological polar surface area (TPSA) is 58.6 Å². The Hall–Kier alpha value is -1.37. The first kappa shape index (κ1) is 16.0. The van der Waals surface area contributed by atoms with Gasteiger partial charge in [-0.25, -0.2) is 0 Å². The van der Waals surface area contributed by atoms with Crippen LogP contribution in [0.5, 0.6) is 0 Å². The van der Waals surface area contributed by atoms with Gasteiger partial charge < -0.3 is 10.9 Å². The van der Waals surface area contributed by atoms with Crippen LogP contribution in [0.25, 0.3) is 0 Å². The standard InChI is InChI=1S/C14H17F3N2OS/c15-14(16,17)12-7-6-10(8-11(12)13(18)19-20)21-9-4-2-1-3-5-9/h6-9,20H,1-5H2,(H2,18,19). The summed E-state index contributed by atoms with van der Waals surface area (Å²) in [6.45, 7) is 0. The summed E-state index contributed by atoms with van der Waals surface area (Å²) in [6.07, 6.45) is 1.16. The lowest BCUT2D eigenvalue weighted by Gasteiger charge is -2.21. The molecule has 2 rings (SSSR count). The number of hydrogen-bond donors (Lipinski definition) is 2. The molecular formula is C14H17F3N2OS. The van der Waals surface area contributed by atoms with Crippen LogP contribution >= 0.6 is 11.8 Å². The second kappa shape index (κ2) is 6.60. The average molecular weight is 318 g/mol. The number of rotatable bonds is 3. The molecule has 1 aromatic carbocycles. The number of oxime groups is 1. The smallest absolute Gasteiger partial charge is 0.409 e. The lowest BCUT2D eigenvalue weighted by atomic mass is 10.0. The van der Waals surface area contributed by atoms with Crippen molar-refractivity contribution in [2.75, 3.05) is 0 Å². The fraction of sp³-hybridized carbons (Fsp3) is 0.500. The normalized spacial score (nSPS) is 18.0. The number of thioether (sulfide) groups is 1. The Morgan fingerprint density at radius 2 is 1.90 bits per heavy atom. The molecule has 0 unspecified atom stereocenters. The summed E-state index contributed by atoms with van der Waals surface area (Å²) < 4.78 is 38.8. The molecule has 0 amide bonds. The monoisotopic (exact) mass is 318 g/mol. The quantitative estimate of drug-likeness (QED) is 0.379. The van der Waals surface area contributed by atoms with E-state index < -0.39 is 17.6 Å². The summed E-state index contributed by atoms with van der Waals surface area (Å²) in [5, 5.41) is 11.8. The molecule has 0 spiro atoms. The molecule has 3 N–H and O–H groups in total. The zero-order valence-corrected chi connectivity index (χ0v) is 12.2. The van der Waals surface area contributed by atoms with Gasteiger partial charge in [0.2, 0.25) is 0 Å². The Morgan fingerprint density at radius 3 is 2.48 bits per heavy atom. The molecule has 1 aliphatic rings. The third-order valence-corrected chi connectivity index (χ3v) is 4.87. The van der Waals surface area contributed by atoms with E-state index in [1.54, 1.807) is 11.8 Å². The number of nitrogens with zero attached hydrogens (tertiary/aromatic N) is 1. The first-order valence-corrected chi connectivity index (χ1v) is 7.65. The van der Waals surface area contributed by atoms with Gasteiger partial charge in [-0.3, -0.25) is 0 Å². The van der Waals surface area contributed by atoms with E-state index in [1.807, 2.05) is 0 Å². The highest BCUT2D eigenvalue weighted by atomic mass is 32.2. The van der Waals surface area contributed by atoms with Crippen molar-refractivity contribution >= 4 is 17.6 Å². The van der Waals surface area contributed by atoms with E-state index in [0.717, 1.165) is 36.6 Å². The zero-order valence-electron chi connectivity index (χ0n) is 11.4. The first-order valence-electron chi connectivity index (χ1n) is 6.77. The minimum Gasteiger partial charge on any atom is -0.409 e. The Bertz CT molecular complexity index is 525. The van der Waals surface area contributed by atoms with Crippen LogP contribution in [0.1, 0.15) is 43.2 Å². The van der Waals surface area contributed by atoms with Gasteiger partial charge in [0.05, 0.1) is 5.56 Å². The van der Waals surface area contributed by atoms with E-state index in [9.17, 15) is 13.2 Å². The molecule has 21 heavy (non-hydrogen) atoms. The summed E-state index contributed by atoms with van der Waals surface area (Å²) >= 11 is 1.57. The predicted octanol–water partition coefficient (Wildman–Crippen LogP) is 4.22. The average Bonchev–Trinajstić information content (AvgIpc) is 2.46. The van der Waals surface area contributed by atoms with Gasteiger partial charge in [0.25, 0.3) is 0 Å². The highest BCUT2D eigenvalue weighted by Crippen LogP contribution is 2.37. The molecule has 0 aliphatic heterocycles. The maximum Gasteiger partial charge on any atom is 0.417 e. The van der Waals surface area contributed by atoms with Gasteiger partial charge in [-0.15, -0.1) is 11.8 Å². The summed E-state index contributed by atoms with van der Waals surface area (Å²) in [7, 11) is 0. The lowest BCUT2D eigenvalue weighted by molar-refractivity contribution is -0.137. The van der Waals surface area contributed by atoms with Crippen molar-refractivity contribution in [3.05, 3.63) is 29.3 Å². The SMILES string of the molecule is N/C(=N/O)c1cc(SC2CCCCC2)ccc1C(F)(F)F. The van der Waals surface area contributed by atoms with E-state index in [4.69, 9.17) is 10.9 Å². The minimum atomic E-state index is -4.53. The van der Waals surface area contributed by atoms with Crippen LogP contribution in [0.4, 0.5) is 13.2 Å². The number of hydrogen-bond acceptors (Lipinski definition) is 3. The summed E-state index contributed by atoms with van der Waals surface area (Å²) in [5.41, 5.74) is 4.23. The second-order valence-electron chi connectivity index (χ2n) is 5.07.